The van der Waals surface area contributed by atoms with Crippen LogP contribution in [0.25, 0.3) is 10.9 Å². The number of amides is 1. The zero-order valence-corrected chi connectivity index (χ0v) is 26.3. The molecule has 2 fully saturated rings. The van der Waals surface area contributed by atoms with Crippen molar-refractivity contribution in [2.75, 3.05) is 39.9 Å². The fourth-order valence-corrected chi connectivity index (χ4v) is 6.97. The number of halogens is 3. The van der Waals surface area contributed by atoms with Crippen molar-refractivity contribution in [2.24, 2.45) is 0 Å². The average Bonchev–Trinajstić information content (AvgIpc) is 3.51. The van der Waals surface area contributed by atoms with Crippen molar-refractivity contribution < 1.29 is 18.7 Å². The number of hydrogen-bond donors (Lipinski definition) is 1. The predicted molar refractivity (Wildman–Crippen MR) is 173 cm³/mol. The number of benzene rings is 3. The number of aryl methyl sites for hydroxylation is 1. The van der Waals surface area contributed by atoms with E-state index in [1.165, 1.54) is 25.0 Å². The van der Waals surface area contributed by atoms with E-state index in [-0.39, 0.29) is 11.7 Å². The Hall–Kier alpha value is -3.30. The number of rotatable bonds is 12. The summed E-state index contributed by atoms with van der Waals surface area (Å²) in [6.07, 6.45) is 5.34. The van der Waals surface area contributed by atoms with Gasteiger partial charge in [0, 0.05) is 62.9 Å². The fraction of sp³-hybridized carbons (Fsp3) is 0.382. The first-order valence-corrected chi connectivity index (χ1v) is 15.9. The number of carbonyl (C=O) groups excluding carboxylic acids is 1. The van der Waals surface area contributed by atoms with Gasteiger partial charge in [-0.1, -0.05) is 41.4 Å². The van der Waals surface area contributed by atoms with E-state index in [1.54, 1.807) is 31.4 Å². The molecule has 2 bridgehead atoms. The van der Waals surface area contributed by atoms with Crippen molar-refractivity contribution in [3.05, 3.63) is 93.8 Å². The SMILES string of the molecule is COc1cccc2c(C(=O)NCc3ccc(Cl)c(Cl)c3)cn(CCCN3C4CCC3CN(CCOc3ccc(F)cc3)C4)c12. The van der Waals surface area contributed by atoms with Gasteiger partial charge in [0.15, 0.2) is 0 Å². The summed E-state index contributed by atoms with van der Waals surface area (Å²) >= 11 is 12.2. The van der Waals surface area contributed by atoms with Crippen LogP contribution < -0.4 is 14.8 Å². The number of aromatic nitrogens is 1. The van der Waals surface area contributed by atoms with Crippen molar-refractivity contribution in [3.8, 4) is 11.5 Å². The molecule has 2 atom stereocenters. The Balaban J connectivity index is 1.06. The number of hydrogen-bond acceptors (Lipinski definition) is 5. The lowest BCUT2D eigenvalue weighted by atomic mass is 10.1. The molecule has 1 amide bonds. The molecule has 7 nitrogen and oxygen atoms in total. The van der Waals surface area contributed by atoms with E-state index in [0.29, 0.717) is 46.6 Å². The number of para-hydroxylation sites is 1. The van der Waals surface area contributed by atoms with Gasteiger partial charge in [-0.3, -0.25) is 14.6 Å². The van der Waals surface area contributed by atoms with Gasteiger partial charge in [0.05, 0.1) is 28.2 Å². The van der Waals surface area contributed by atoms with E-state index in [2.05, 4.69) is 19.7 Å². The molecule has 2 aliphatic rings. The second kappa shape index (κ2) is 13.8. The maximum atomic E-state index is 13.4. The topological polar surface area (TPSA) is 59.0 Å². The van der Waals surface area contributed by atoms with Crippen LogP contribution in [0.2, 0.25) is 10.0 Å². The zero-order chi connectivity index (χ0) is 30.6. The molecule has 44 heavy (non-hydrogen) atoms. The first-order valence-electron chi connectivity index (χ1n) is 15.1. The summed E-state index contributed by atoms with van der Waals surface area (Å²) in [4.78, 5) is 18.5. The highest BCUT2D eigenvalue weighted by Crippen LogP contribution is 2.32. The molecule has 4 aromatic rings. The van der Waals surface area contributed by atoms with Crippen LogP contribution in [0, 0.1) is 5.82 Å². The summed E-state index contributed by atoms with van der Waals surface area (Å²) < 4.78 is 26.9. The third kappa shape index (κ3) is 6.84. The van der Waals surface area contributed by atoms with E-state index in [1.807, 2.05) is 30.5 Å². The first kappa shape index (κ1) is 30.7. The number of fused-ring (bicyclic) bond motifs is 3. The summed E-state index contributed by atoms with van der Waals surface area (Å²) in [7, 11) is 1.66. The molecule has 2 unspecified atom stereocenters. The lowest BCUT2D eigenvalue weighted by Gasteiger charge is -2.41. The smallest absolute Gasteiger partial charge is 0.253 e. The van der Waals surface area contributed by atoms with Crippen molar-refractivity contribution in [1.82, 2.24) is 19.7 Å². The molecule has 0 spiro atoms. The number of likely N-dealkylation sites (tertiary alicyclic amines) is 1. The lowest BCUT2D eigenvalue weighted by molar-refractivity contribution is 0.0574. The minimum atomic E-state index is -0.253. The molecular weight excluding hydrogens is 602 g/mol. The highest BCUT2D eigenvalue weighted by atomic mass is 35.5. The van der Waals surface area contributed by atoms with Gasteiger partial charge < -0.3 is 19.4 Å². The summed E-state index contributed by atoms with van der Waals surface area (Å²) in [5.41, 5.74) is 2.43. The van der Waals surface area contributed by atoms with E-state index < -0.39 is 0 Å². The van der Waals surface area contributed by atoms with Crippen molar-refractivity contribution in [2.45, 2.75) is 44.4 Å². The third-order valence-electron chi connectivity index (χ3n) is 8.78. The first-order chi connectivity index (χ1) is 21.4. The molecule has 2 saturated heterocycles. The minimum Gasteiger partial charge on any atom is -0.495 e. The van der Waals surface area contributed by atoms with Gasteiger partial charge >= 0.3 is 0 Å². The Morgan fingerprint density at radius 3 is 2.48 bits per heavy atom. The van der Waals surface area contributed by atoms with Crippen molar-refractivity contribution in [3.63, 3.8) is 0 Å². The molecule has 3 heterocycles. The van der Waals surface area contributed by atoms with Gasteiger partial charge in [-0.2, -0.15) is 0 Å². The van der Waals surface area contributed by atoms with Crippen LogP contribution in [0.5, 0.6) is 11.5 Å². The van der Waals surface area contributed by atoms with Gasteiger partial charge in [-0.25, -0.2) is 4.39 Å². The normalized spacial score (nSPS) is 18.5. The van der Waals surface area contributed by atoms with E-state index in [9.17, 15) is 9.18 Å². The standard InChI is InChI=1S/C34H37Cl2FN4O3/c1-43-32-5-2-4-28-29(34(42)38-19-23-6-13-30(35)31(36)18-23)22-40(33(28)32)14-3-15-41-25-9-10-26(41)21-39(20-25)16-17-44-27-11-7-24(37)8-12-27/h2,4-8,11-13,18,22,25-26H,3,9-10,14-17,19-21H2,1H3,(H,38,42). The van der Waals surface area contributed by atoms with Crippen molar-refractivity contribution >= 4 is 40.0 Å². The van der Waals surface area contributed by atoms with Gasteiger partial charge in [-0.15, -0.1) is 0 Å². The van der Waals surface area contributed by atoms with E-state index in [0.717, 1.165) is 61.4 Å². The number of piperazine rings is 1. The molecule has 0 radical (unpaired) electrons. The molecule has 10 heteroatoms. The molecule has 3 aromatic carbocycles. The molecular formula is C34H37Cl2FN4O3. The average molecular weight is 640 g/mol. The van der Waals surface area contributed by atoms with E-state index in [4.69, 9.17) is 32.7 Å². The van der Waals surface area contributed by atoms with Gasteiger partial charge in [-0.05, 0) is 67.3 Å². The molecule has 0 saturated carbocycles. The largest absolute Gasteiger partial charge is 0.495 e. The highest BCUT2D eigenvalue weighted by molar-refractivity contribution is 6.42. The zero-order valence-electron chi connectivity index (χ0n) is 24.8. The third-order valence-corrected chi connectivity index (χ3v) is 9.52. The second-order valence-corrected chi connectivity index (χ2v) is 12.4. The summed E-state index contributed by atoms with van der Waals surface area (Å²) in [5, 5.41) is 4.85. The Morgan fingerprint density at radius 1 is 0.977 bits per heavy atom. The summed E-state index contributed by atoms with van der Waals surface area (Å²) in [6, 6.07) is 18.5. The van der Waals surface area contributed by atoms with E-state index >= 15 is 0 Å². The molecule has 1 aromatic heterocycles. The van der Waals surface area contributed by atoms with Crippen molar-refractivity contribution in [1.29, 1.82) is 0 Å². The molecule has 6 rings (SSSR count). The van der Waals surface area contributed by atoms with Crippen LogP contribution in [0.15, 0.2) is 66.9 Å². The second-order valence-electron chi connectivity index (χ2n) is 11.6. The Kier molecular flexibility index (Phi) is 9.62. The van der Waals surface area contributed by atoms with Crippen LogP contribution in [-0.2, 0) is 13.1 Å². The summed E-state index contributed by atoms with van der Waals surface area (Å²) in [6.45, 7) is 5.66. The predicted octanol–water partition coefficient (Wildman–Crippen LogP) is 6.64. The molecule has 0 aliphatic carbocycles. The summed E-state index contributed by atoms with van der Waals surface area (Å²) in [5.74, 6) is 1.05. The number of nitrogens with one attached hydrogen (secondary N) is 1. The number of ether oxygens (including phenoxy) is 2. The van der Waals surface area contributed by atoms with Gasteiger partial charge in [0.25, 0.3) is 5.91 Å². The lowest BCUT2D eigenvalue weighted by Crippen LogP contribution is -2.54. The van der Waals surface area contributed by atoms with Crippen LogP contribution >= 0.6 is 23.2 Å². The Labute approximate surface area is 267 Å². The maximum absolute atomic E-state index is 13.4. The molecule has 1 N–H and O–H groups in total. The van der Waals surface area contributed by atoms with Gasteiger partial charge in [0.2, 0.25) is 0 Å². The minimum absolute atomic E-state index is 0.148. The maximum Gasteiger partial charge on any atom is 0.253 e. The van der Waals surface area contributed by atoms with Gasteiger partial charge in [0.1, 0.15) is 23.9 Å². The number of methoxy groups -OCH3 is 1. The highest BCUT2D eigenvalue weighted by Gasteiger charge is 2.39. The number of nitrogens with zero attached hydrogens (tertiary/aromatic N) is 3. The Morgan fingerprint density at radius 2 is 1.75 bits per heavy atom. The van der Waals surface area contributed by atoms with Crippen LogP contribution in [0.4, 0.5) is 4.39 Å². The molecule has 2 aliphatic heterocycles. The Bertz CT molecular complexity index is 1600. The molecule has 232 valence electrons. The quantitative estimate of drug-likeness (QED) is 0.188. The van der Waals surface area contributed by atoms with Crippen LogP contribution in [0.1, 0.15) is 35.2 Å². The van der Waals surface area contributed by atoms with Crippen LogP contribution in [-0.4, -0.2) is 72.3 Å². The monoisotopic (exact) mass is 638 g/mol. The van der Waals surface area contributed by atoms with Crippen LogP contribution in [0.3, 0.4) is 0 Å². The number of carbonyl (C=O) groups is 1. The fourth-order valence-electron chi connectivity index (χ4n) is 6.65.